The lowest BCUT2D eigenvalue weighted by molar-refractivity contribution is -0.108. The van der Waals surface area contributed by atoms with Crippen LogP contribution in [-0.4, -0.2) is 59.2 Å². The van der Waals surface area contributed by atoms with Crippen LogP contribution in [0.2, 0.25) is 0 Å². The van der Waals surface area contributed by atoms with Crippen LogP contribution in [0.3, 0.4) is 0 Å². The highest BCUT2D eigenvalue weighted by atomic mass is 16.5. The highest BCUT2D eigenvalue weighted by Crippen LogP contribution is 2.26. The summed E-state index contributed by atoms with van der Waals surface area (Å²) in [6.07, 6.45) is 5.27. The van der Waals surface area contributed by atoms with E-state index >= 15 is 0 Å². The highest BCUT2D eigenvalue weighted by molar-refractivity contribution is 4.88. The second-order valence-corrected chi connectivity index (χ2v) is 5.46. The first-order valence-corrected chi connectivity index (χ1v) is 6.88. The lowest BCUT2D eigenvalue weighted by Gasteiger charge is -2.43. The largest absolute Gasteiger partial charge is 0.394 e. The number of hydrogen-bond acceptors (Lipinski definition) is 4. The molecule has 2 aliphatic rings. The summed E-state index contributed by atoms with van der Waals surface area (Å²) in [4.78, 5) is 2.35. The molecule has 0 amide bonds. The summed E-state index contributed by atoms with van der Waals surface area (Å²) in [5.41, 5.74) is 0. The molecule has 1 saturated heterocycles. The van der Waals surface area contributed by atoms with Crippen molar-refractivity contribution in [3.05, 3.63) is 0 Å². The zero-order valence-corrected chi connectivity index (χ0v) is 10.7. The molecule has 2 N–H and O–H groups in total. The molecule has 4 heteroatoms. The Hall–Kier alpha value is -0.160. The number of aliphatic hydroxyl groups is 2. The minimum Gasteiger partial charge on any atom is -0.394 e. The van der Waals surface area contributed by atoms with Crippen LogP contribution in [0.1, 0.15) is 39.0 Å². The Morgan fingerprint density at radius 1 is 1.24 bits per heavy atom. The molecular weight excluding hydrogens is 218 g/mol. The molecule has 0 aromatic carbocycles. The van der Waals surface area contributed by atoms with Crippen LogP contribution in [0.15, 0.2) is 0 Å². The molecule has 4 unspecified atom stereocenters. The zero-order valence-electron chi connectivity index (χ0n) is 10.7. The van der Waals surface area contributed by atoms with Crippen molar-refractivity contribution < 1.29 is 14.9 Å². The van der Waals surface area contributed by atoms with Crippen molar-refractivity contribution in [3.8, 4) is 0 Å². The van der Waals surface area contributed by atoms with Crippen LogP contribution in [0.4, 0.5) is 0 Å². The van der Waals surface area contributed by atoms with Crippen LogP contribution >= 0.6 is 0 Å². The van der Waals surface area contributed by atoms with Crippen molar-refractivity contribution >= 4 is 0 Å². The third kappa shape index (κ3) is 3.19. The molecule has 0 aromatic heterocycles. The molecule has 17 heavy (non-hydrogen) atoms. The van der Waals surface area contributed by atoms with E-state index in [1.165, 1.54) is 12.8 Å². The minimum absolute atomic E-state index is 0.0754. The predicted molar refractivity (Wildman–Crippen MR) is 65.9 cm³/mol. The fourth-order valence-corrected chi connectivity index (χ4v) is 3.07. The van der Waals surface area contributed by atoms with Gasteiger partial charge in [-0.15, -0.1) is 0 Å². The maximum absolute atomic E-state index is 10.2. The third-order valence-corrected chi connectivity index (χ3v) is 4.13. The molecule has 2 fully saturated rings. The maximum Gasteiger partial charge on any atom is 0.0933 e. The third-order valence-electron chi connectivity index (χ3n) is 4.13. The molecule has 1 saturated carbocycles. The van der Waals surface area contributed by atoms with E-state index in [4.69, 9.17) is 4.74 Å². The normalized spacial score (nSPS) is 41.1. The number of rotatable bonds is 2. The molecule has 2 rings (SSSR count). The van der Waals surface area contributed by atoms with E-state index in [1.807, 2.05) is 0 Å². The minimum atomic E-state index is -0.211. The summed E-state index contributed by atoms with van der Waals surface area (Å²) in [6, 6.07) is 0.598. The first-order chi connectivity index (χ1) is 8.22. The smallest absolute Gasteiger partial charge is 0.0933 e. The summed E-state index contributed by atoms with van der Waals surface area (Å²) in [7, 11) is 0. The molecule has 4 nitrogen and oxygen atoms in total. The van der Waals surface area contributed by atoms with Gasteiger partial charge >= 0.3 is 0 Å². The van der Waals surface area contributed by atoms with Crippen molar-refractivity contribution in [2.24, 2.45) is 0 Å². The van der Waals surface area contributed by atoms with Gasteiger partial charge in [0, 0.05) is 18.6 Å². The van der Waals surface area contributed by atoms with Crippen LogP contribution in [0.5, 0.6) is 0 Å². The van der Waals surface area contributed by atoms with E-state index in [1.54, 1.807) is 0 Å². The average molecular weight is 243 g/mol. The summed E-state index contributed by atoms with van der Waals surface area (Å²) in [5, 5.41) is 19.4. The monoisotopic (exact) mass is 243 g/mol. The average Bonchev–Trinajstić information content (AvgIpc) is 2.55. The Kier molecular flexibility index (Phi) is 4.79. The van der Waals surface area contributed by atoms with Crippen LogP contribution in [0.25, 0.3) is 0 Å². The quantitative estimate of drug-likeness (QED) is 0.703. The maximum atomic E-state index is 10.2. The van der Waals surface area contributed by atoms with Gasteiger partial charge in [-0.05, 0) is 19.8 Å². The van der Waals surface area contributed by atoms with Gasteiger partial charge in [-0.1, -0.05) is 19.3 Å². The Morgan fingerprint density at radius 2 is 2.00 bits per heavy atom. The van der Waals surface area contributed by atoms with Crippen molar-refractivity contribution in [2.75, 3.05) is 19.8 Å². The van der Waals surface area contributed by atoms with Gasteiger partial charge < -0.3 is 14.9 Å². The number of morpholine rings is 1. The summed E-state index contributed by atoms with van der Waals surface area (Å²) in [6.45, 7) is 3.63. The molecule has 0 spiro atoms. The highest BCUT2D eigenvalue weighted by Gasteiger charge is 2.34. The van der Waals surface area contributed by atoms with Crippen LogP contribution < -0.4 is 0 Å². The molecule has 0 radical (unpaired) electrons. The first kappa shape index (κ1) is 13.3. The standard InChI is InChI=1S/C13H25NO3/c1-10-9-17-11(8-15)7-14(10)12-5-3-2-4-6-13(12)16/h10-13,15-16H,2-9H2,1H3. The number of ether oxygens (including phenoxy) is 1. The Labute approximate surface area is 104 Å². The SMILES string of the molecule is CC1COC(CO)CN1C1CCCCCC1O. The summed E-state index contributed by atoms with van der Waals surface area (Å²) < 4.78 is 5.55. The van der Waals surface area contributed by atoms with Crippen LogP contribution in [-0.2, 0) is 4.74 Å². The Balaban J connectivity index is 2.01. The predicted octanol–water partition coefficient (Wildman–Crippen LogP) is 0.762. The molecule has 0 aromatic rings. The summed E-state index contributed by atoms with van der Waals surface area (Å²) in [5.74, 6) is 0. The van der Waals surface area contributed by atoms with Crippen molar-refractivity contribution in [3.63, 3.8) is 0 Å². The summed E-state index contributed by atoms with van der Waals surface area (Å²) >= 11 is 0. The van der Waals surface area contributed by atoms with Gasteiger partial charge in [0.1, 0.15) is 0 Å². The van der Waals surface area contributed by atoms with Gasteiger partial charge in [-0.3, -0.25) is 4.90 Å². The van der Waals surface area contributed by atoms with Gasteiger partial charge in [0.05, 0.1) is 25.4 Å². The Morgan fingerprint density at radius 3 is 2.76 bits per heavy atom. The van der Waals surface area contributed by atoms with Gasteiger partial charge in [0.15, 0.2) is 0 Å². The van der Waals surface area contributed by atoms with E-state index in [-0.39, 0.29) is 24.9 Å². The van der Waals surface area contributed by atoms with E-state index in [0.717, 1.165) is 25.8 Å². The molecule has 1 heterocycles. The first-order valence-electron chi connectivity index (χ1n) is 6.88. The lowest BCUT2D eigenvalue weighted by Crippen LogP contribution is -2.56. The fraction of sp³-hybridized carbons (Fsp3) is 1.00. The zero-order chi connectivity index (χ0) is 12.3. The topological polar surface area (TPSA) is 52.9 Å². The van der Waals surface area contributed by atoms with E-state index in [2.05, 4.69) is 11.8 Å². The lowest BCUT2D eigenvalue weighted by atomic mass is 10.0. The van der Waals surface area contributed by atoms with Gasteiger partial charge in [-0.2, -0.15) is 0 Å². The molecule has 1 aliphatic heterocycles. The number of nitrogens with zero attached hydrogens (tertiary/aromatic N) is 1. The number of aliphatic hydroxyl groups excluding tert-OH is 2. The second kappa shape index (κ2) is 6.14. The second-order valence-electron chi connectivity index (χ2n) is 5.46. The van der Waals surface area contributed by atoms with E-state index in [9.17, 15) is 10.2 Å². The van der Waals surface area contributed by atoms with Gasteiger partial charge in [0.25, 0.3) is 0 Å². The molecule has 0 bridgehead atoms. The van der Waals surface area contributed by atoms with Crippen molar-refractivity contribution in [1.82, 2.24) is 4.90 Å². The molecular formula is C13H25NO3. The van der Waals surface area contributed by atoms with E-state index < -0.39 is 0 Å². The fourth-order valence-electron chi connectivity index (χ4n) is 3.07. The van der Waals surface area contributed by atoms with Gasteiger partial charge in [0.2, 0.25) is 0 Å². The molecule has 100 valence electrons. The van der Waals surface area contributed by atoms with Crippen LogP contribution in [0, 0.1) is 0 Å². The molecule has 4 atom stereocenters. The Bertz CT molecular complexity index is 237. The molecule has 1 aliphatic carbocycles. The van der Waals surface area contributed by atoms with Crippen molar-refractivity contribution in [1.29, 1.82) is 0 Å². The van der Waals surface area contributed by atoms with E-state index in [0.29, 0.717) is 12.6 Å². The van der Waals surface area contributed by atoms with Gasteiger partial charge in [-0.25, -0.2) is 0 Å². The number of hydrogen-bond donors (Lipinski definition) is 2. The van der Waals surface area contributed by atoms with Crippen molar-refractivity contribution in [2.45, 2.75) is 63.3 Å².